The van der Waals surface area contributed by atoms with Crippen molar-refractivity contribution in [3.05, 3.63) is 11.9 Å². The number of nitrogens with two attached hydrogens (primary N) is 1. The van der Waals surface area contributed by atoms with E-state index in [0.29, 0.717) is 11.4 Å². The maximum atomic E-state index is 11.2. The fourth-order valence-corrected chi connectivity index (χ4v) is 0.690. The first-order valence-electron chi connectivity index (χ1n) is 3.13. The summed E-state index contributed by atoms with van der Waals surface area (Å²) in [6.45, 7) is 0. The van der Waals surface area contributed by atoms with Gasteiger partial charge in [0.2, 0.25) is 0 Å². The number of carbonyl (C=O) groups is 1. The molecule has 0 aliphatic carbocycles. The lowest BCUT2D eigenvalue weighted by molar-refractivity contribution is 0.0823. The van der Waals surface area contributed by atoms with E-state index in [1.807, 2.05) is 0 Å². The molecule has 5 nitrogen and oxygen atoms in total. The molecular weight excluding hydrogens is 144 g/mol. The van der Waals surface area contributed by atoms with Gasteiger partial charge < -0.3 is 10.6 Å². The third-order valence-corrected chi connectivity index (χ3v) is 1.29. The normalized spacial score (nSPS) is 9.64. The van der Waals surface area contributed by atoms with E-state index in [0.717, 1.165) is 0 Å². The van der Waals surface area contributed by atoms with Gasteiger partial charge in [-0.3, -0.25) is 9.89 Å². The lowest BCUT2D eigenvalue weighted by atomic mass is 10.3. The van der Waals surface area contributed by atoms with E-state index in [1.165, 1.54) is 11.1 Å². The fourth-order valence-electron chi connectivity index (χ4n) is 0.690. The SMILES string of the molecule is CN(C)C(=O)c1[nH]ncc1N. The largest absolute Gasteiger partial charge is 0.396 e. The zero-order valence-corrected chi connectivity index (χ0v) is 6.46. The number of nitrogen functional groups attached to an aromatic ring is 1. The lowest BCUT2D eigenvalue weighted by Gasteiger charge is -2.07. The molecule has 11 heavy (non-hydrogen) atoms. The van der Waals surface area contributed by atoms with Crippen molar-refractivity contribution in [1.29, 1.82) is 0 Å². The summed E-state index contributed by atoms with van der Waals surface area (Å²) in [7, 11) is 3.31. The molecule has 0 atom stereocenters. The second-order valence-corrected chi connectivity index (χ2v) is 2.40. The summed E-state index contributed by atoms with van der Waals surface area (Å²) in [6.07, 6.45) is 1.41. The Morgan fingerprint density at radius 3 is 2.73 bits per heavy atom. The maximum absolute atomic E-state index is 11.2. The second kappa shape index (κ2) is 2.61. The minimum atomic E-state index is -0.167. The molecule has 0 bridgehead atoms. The van der Waals surface area contributed by atoms with Gasteiger partial charge in [-0.2, -0.15) is 5.10 Å². The molecule has 0 aliphatic heterocycles. The third-order valence-electron chi connectivity index (χ3n) is 1.29. The van der Waals surface area contributed by atoms with E-state index in [1.54, 1.807) is 14.1 Å². The van der Waals surface area contributed by atoms with E-state index < -0.39 is 0 Å². The van der Waals surface area contributed by atoms with Gasteiger partial charge in [0.15, 0.2) is 0 Å². The number of hydrogen-bond donors (Lipinski definition) is 2. The van der Waals surface area contributed by atoms with Gasteiger partial charge in [-0.1, -0.05) is 0 Å². The monoisotopic (exact) mass is 154 g/mol. The molecule has 3 N–H and O–H groups in total. The smallest absolute Gasteiger partial charge is 0.273 e. The van der Waals surface area contributed by atoms with Gasteiger partial charge in [-0.05, 0) is 0 Å². The Labute approximate surface area is 64.2 Å². The van der Waals surface area contributed by atoms with Crippen LogP contribution in [0.1, 0.15) is 10.5 Å². The van der Waals surface area contributed by atoms with Crippen molar-refractivity contribution < 1.29 is 4.79 Å². The number of hydrogen-bond acceptors (Lipinski definition) is 3. The van der Waals surface area contributed by atoms with Gasteiger partial charge in [-0.15, -0.1) is 0 Å². The van der Waals surface area contributed by atoms with Crippen LogP contribution in [0.25, 0.3) is 0 Å². The predicted molar refractivity (Wildman–Crippen MR) is 41.0 cm³/mol. The Morgan fingerprint density at radius 1 is 1.73 bits per heavy atom. The summed E-state index contributed by atoms with van der Waals surface area (Å²) >= 11 is 0. The van der Waals surface area contributed by atoms with E-state index in [-0.39, 0.29) is 5.91 Å². The summed E-state index contributed by atoms with van der Waals surface area (Å²) in [6, 6.07) is 0. The molecule has 0 saturated carbocycles. The third kappa shape index (κ3) is 1.31. The quantitative estimate of drug-likeness (QED) is 0.582. The summed E-state index contributed by atoms with van der Waals surface area (Å²) in [5.74, 6) is -0.167. The van der Waals surface area contributed by atoms with Crippen molar-refractivity contribution in [2.45, 2.75) is 0 Å². The number of aromatic amines is 1. The summed E-state index contributed by atoms with van der Waals surface area (Å²) < 4.78 is 0. The maximum Gasteiger partial charge on any atom is 0.273 e. The molecule has 1 rings (SSSR count). The van der Waals surface area contributed by atoms with E-state index in [2.05, 4.69) is 10.2 Å². The van der Waals surface area contributed by atoms with E-state index in [4.69, 9.17) is 5.73 Å². The molecular formula is C6H10N4O. The molecule has 60 valence electrons. The molecule has 0 fully saturated rings. The number of nitrogens with zero attached hydrogens (tertiary/aromatic N) is 2. The first-order chi connectivity index (χ1) is 5.13. The van der Waals surface area contributed by atoms with Crippen LogP contribution in [-0.2, 0) is 0 Å². The molecule has 0 saturated heterocycles. The van der Waals surface area contributed by atoms with Gasteiger partial charge in [0, 0.05) is 14.1 Å². The molecule has 0 aliphatic rings. The average Bonchev–Trinajstić information content (AvgIpc) is 2.33. The molecule has 0 radical (unpaired) electrons. The minimum Gasteiger partial charge on any atom is -0.396 e. The molecule has 1 amide bonds. The summed E-state index contributed by atoms with van der Waals surface area (Å²) in [5.41, 5.74) is 6.16. The van der Waals surface area contributed by atoms with Gasteiger partial charge in [0.25, 0.3) is 5.91 Å². The standard InChI is InChI=1S/C6H10N4O/c1-10(2)6(11)5-4(7)3-8-9-5/h3H,7H2,1-2H3,(H,8,9). The van der Waals surface area contributed by atoms with Crippen molar-refractivity contribution in [2.75, 3.05) is 19.8 Å². The number of rotatable bonds is 1. The summed E-state index contributed by atoms with van der Waals surface area (Å²) in [5, 5.41) is 6.15. The first kappa shape index (κ1) is 7.59. The number of anilines is 1. The van der Waals surface area contributed by atoms with Crippen LogP contribution in [0.2, 0.25) is 0 Å². The van der Waals surface area contributed by atoms with Crippen molar-refractivity contribution in [1.82, 2.24) is 15.1 Å². The molecule has 1 aromatic heterocycles. The molecule has 1 heterocycles. The molecule has 0 spiro atoms. The number of amides is 1. The van der Waals surface area contributed by atoms with Crippen molar-refractivity contribution in [3.63, 3.8) is 0 Å². The lowest BCUT2D eigenvalue weighted by Crippen LogP contribution is -2.22. The molecule has 0 unspecified atom stereocenters. The predicted octanol–water partition coefficient (Wildman–Crippen LogP) is -0.306. The Kier molecular flexibility index (Phi) is 1.80. The highest BCUT2D eigenvalue weighted by molar-refractivity contribution is 5.96. The van der Waals surface area contributed by atoms with Crippen LogP contribution in [0.3, 0.4) is 0 Å². The highest BCUT2D eigenvalue weighted by atomic mass is 16.2. The zero-order chi connectivity index (χ0) is 8.43. The number of aromatic nitrogens is 2. The van der Waals surface area contributed by atoms with Crippen molar-refractivity contribution >= 4 is 11.6 Å². The van der Waals surface area contributed by atoms with Crippen LogP contribution in [0.5, 0.6) is 0 Å². The Hall–Kier alpha value is -1.52. The van der Waals surface area contributed by atoms with Crippen molar-refractivity contribution in [2.24, 2.45) is 0 Å². The number of H-pyrrole nitrogens is 1. The number of carbonyl (C=O) groups excluding carboxylic acids is 1. The first-order valence-corrected chi connectivity index (χ1v) is 3.13. The zero-order valence-electron chi connectivity index (χ0n) is 6.46. The Balaban J connectivity index is 2.93. The number of nitrogens with one attached hydrogen (secondary N) is 1. The topological polar surface area (TPSA) is 75.0 Å². The van der Waals surface area contributed by atoms with Gasteiger partial charge >= 0.3 is 0 Å². The van der Waals surface area contributed by atoms with Crippen LogP contribution >= 0.6 is 0 Å². The van der Waals surface area contributed by atoms with E-state index in [9.17, 15) is 4.79 Å². The summed E-state index contributed by atoms with van der Waals surface area (Å²) in [4.78, 5) is 12.6. The highest BCUT2D eigenvalue weighted by Gasteiger charge is 2.12. The van der Waals surface area contributed by atoms with Gasteiger partial charge in [0.1, 0.15) is 5.69 Å². The van der Waals surface area contributed by atoms with Crippen LogP contribution in [0, 0.1) is 0 Å². The Bertz CT molecular complexity index is 265. The van der Waals surface area contributed by atoms with Gasteiger partial charge in [0.05, 0.1) is 11.9 Å². The van der Waals surface area contributed by atoms with Crippen LogP contribution in [0.4, 0.5) is 5.69 Å². The Morgan fingerprint density at radius 2 is 2.36 bits per heavy atom. The fraction of sp³-hybridized carbons (Fsp3) is 0.333. The second-order valence-electron chi connectivity index (χ2n) is 2.40. The molecule has 5 heteroatoms. The van der Waals surface area contributed by atoms with Crippen LogP contribution in [-0.4, -0.2) is 35.1 Å². The van der Waals surface area contributed by atoms with Crippen molar-refractivity contribution in [3.8, 4) is 0 Å². The average molecular weight is 154 g/mol. The molecule has 1 aromatic rings. The highest BCUT2D eigenvalue weighted by Crippen LogP contribution is 2.07. The van der Waals surface area contributed by atoms with Gasteiger partial charge in [-0.25, -0.2) is 0 Å². The molecule has 0 aromatic carbocycles. The van der Waals surface area contributed by atoms with Crippen LogP contribution < -0.4 is 5.73 Å². The minimum absolute atomic E-state index is 0.167. The van der Waals surface area contributed by atoms with E-state index >= 15 is 0 Å². The van der Waals surface area contributed by atoms with Crippen LogP contribution in [0.15, 0.2) is 6.20 Å².